The molecule has 0 saturated carbocycles. The number of H-pyrrole nitrogens is 1. The Morgan fingerprint density at radius 2 is 2.25 bits per heavy atom. The minimum absolute atomic E-state index is 0.558. The van der Waals surface area contributed by atoms with E-state index < -0.39 is 0 Å². The first-order valence-electron chi connectivity index (χ1n) is 3.57. The molecule has 0 radical (unpaired) electrons. The summed E-state index contributed by atoms with van der Waals surface area (Å²) >= 11 is 0. The number of aryl methyl sites for hydroxylation is 2. The third-order valence-electron chi connectivity index (χ3n) is 1.55. The molecule has 0 unspecified atom stereocenters. The number of hydrogen-bond acceptors (Lipinski definition) is 4. The summed E-state index contributed by atoms with van der Waals surface area (Å²) < 4.78 is 5.11. The van der Waals surface area contributed by atoms with Crippen LogP contribution < -0.4 is 0 Å². The molecule has 0 fully saturated rings. The highest BCUT2D eigenvalue weighted by Gasteiger charge is 2.10. The summed E-state index contributed by atoms with van der Waals surface area (Å²) in [4.78, 5) is 8.06. The molecule has 0 bridgehead atoms. The molecule has 2 aromatic heterocycles. The maximum atomic E-state index is 5.11. The first kappa shape index (κ1) is 7.02. The highest BCUT2D eigenvalue weighted by atomic mass is 16.3. The molecule has 1 N–H and O–H groups in total. The van der Waals surface area contributed by atoms with E-state index in [1.165, 1.54) is 6.39 Å². The van der Waals surface area contributed by atoms with Crippen molar-refractivity contribution in [3.8, 4) is 11.6 Å². The van der Waals surface area contributed by atoms with Crippen LogP contribution in [0.5, 0.6) is 0 Å². The van der Waals surface area contributed by atoms with Crippen molar-refractivity contribution >= 4 is 0 Å². The Labute approximate surface area is 68.8 Å². The van der Waals surface area contributed by atoms with E-state index in [9.17, 15) is 0 Å². The van der Waals surface area contributed by atoms with Crippen LogP contribution in [0.3, 0.4) is 0 Å². The topological polar surface area (TPSA) is 67.6 Å². The Morgan fingerprint density at radius 1 is 1.42 bits per heavy atom. The number of aromatic nitrogens is 4. The van der Waals surface area contributed by atoms with Gasteiger partial charge in [-0.2, -0.15) is 0 Å². The predicted octanol–water partition coefficient (Wildman–Crippen LogP) is 1.08. The summed E-state index contributed by atoms with van der Waals surface area (Å²) in [5.41, 5.74) is 0.800. The van der Waals surface area contributed by atoms with E-state index in [2.05, 4.69) is 20.2 Å². The highest BCUT2D eigenvalue weighted by Crippen LogP contribution is 2.17. The SMILES string of the molecule is Cc1nc(-c2ocnc2C)n[nH]1. The third-order valence-corrected chi connectivity index (χ3v) is 1.55. The number of nitrogens with zero attached hydrogens (tertiary/aromatic N) is 3. The minimum Gasteiger partial charge on any atom is -0.440 e. The van der Waals surface area contributed by atoms with Gasteiger partial charge in [-0.3, -0.25) is 5.10 Å². The van der Waals surface area contributed by atoms with Gasteiger partial charge in [0, 0.05) is 0 Å². The quantitative estimate of drug-likeness (QED) is 0.684. The number of hydrogen-bond donors (Lipinski definition) is 1. The van der Waals surface area contributed by atoms with Crippen molar-refractivity contribution in [2.45, 2.75) is 13.8 Å². The van der Waals surface area contributed by atoms with Gasteiger partial charge >= 0.3 is 0 Å². The first-order valence-corrected chi connectivity index (χ1v) is 3.57. The fraction of sp³-hybridized carbons (Fsp3) is 0.286. The molecule has 0 atom stereocenters. The van der Waals surface area contributed by atoms with Crippen LogP contribution in [-0.4, -0.2) is 20.2 Å². The van der Waals surface area contributed by atoms with Gasteiger partial charge in [-0.25, -0.2) is 9.97 Å². The summed E-state index contributed by atoms with van der Waals surface area (Å²) in [6, 6.07) is 0. The standard InChI is InChI=1S/C7H8N4O/c1-4-6(12-3-8-4)7-9-5(2)10-11-7/h3H,1-2H3,(H,9,10,11). The van der Waals surface area contributed by atoms with Crippen LogP contribution in [0.4, 0.5) is 0 Å². The number of nitrogens with one attached hydrogen (secondary N) is 1. The van der Waals surface area contributed by atoms with E-state index in [0.29, 0.717) is 11.6 Å². The summed E-state index contributed by atoms with van der Waals surface area (Å²) in [5, 5.41) is 6.68. The van der Waals surface area contributed by atoms with Gasteiger partial charge in [0.2, 0.25) is 5.82 Å². The lowest BCUT2D eigenvalue weighted by Crippen LogP contribution is -1.81. The molecule has 62 valence electrons. The average Bonchev–Trinajstić information content (AvgIpc) is 2.58. The molecule has 2 heterocycles. The van der Waals surface area contributed by atoms with Crippen LogP contribution in [0, 0.1) is 13.8 Å². The van der Waals surface area contributed by atoms with Crippen molar-refractivity contribution in [3.63, 3.8) is 0 Å². The summed E-state index contributed by atoms with van der Waals surface area (Å²) in [7, 11) is 0. The Kier molecular flexibility index (Phi) is 1.43. The van der Waals surface area contributed by atoms with Gasteiger partial charge < -0.3 is 4.42 Å². The van der Waals surface area contributed by atoms with Gasteiger partial charge in [-0.1, -0.05) is 0 Å². The van der Waals surface area contributed by atoms with Crippen LogP contribution in [-0.2, 0) is 0 Å². The van der Waals surface area contributed by atoms with Crippen molar-refractivity contribution < 1.29 is 4.42 Å². The van der Waals surface area contributed by atoms with Crippen molar-refractivity contribution in [1.82, 2.24) is 20.2 Å². The van der Waals surface area contributed by atoms with Crippen LogP contribution in [0.15, 0.2) is 10.8 Å². The van der Waals surface area contributed by atoms with E-state index in [1.807, 2.05) is 13.8 Å². The summed E-state index contributed by atoms with van der Waals surface area (Å²) in [5.74, 6) is 1.95. The van der Waals surface area contributed by atoms with Crippen molar-refractivity contribution in [1.29, 1.82) is 0 Å². The summed E-state index contributed by atoms with van der Waals surface area (Å²) in [6.07, 6.45) is 1.39. The Morgan fingerprint density at radius 3 is 2.75 bits per heavy atom. The Bertz CT molecular complexity index is 390. The lowest BCUT2D eigenvalue weighted by atomic mass is 10.3. The average molecular weight is 164 g/mol. The van der Waals surface area contributed by atoms with Gasteiger partial charge in [-0.15, -0.1) is 5.10 Å². The van der Waals surface area contributed by atoms with Crippen molar-refractivity contribution in [2.75, 3.05) is 0 Å². The van der Waals surface area contributed by atoms with Crippen molar-refractivity contribution in [3.05, 3.63) is 17.9 Å². The van der Waals surface area contributed by atoms with Crippen LogP contribution in [0.25, 0.3) is 11.6 Å². The Balaban J connectivity index is 2.50. The van der Waals surface area contributed by atoms with Crippen LogP contribution >= 0.6 is 0 Å². The molecular weight excluding hydrogens is 156 g/mol. The number of aromatic amines is 1. The fourth-order valence-corrected chi connectivity index (χ4v) is 0.961. The highest BCUT2D eigenvalue weighted by molar-refractivity contribution is 5.48. The van der Waals surface area contributed by atoms with E-state index in [1.54, 1.807) is 0 Å². The maximum absolute atomic E-state index is 5.11. The molecule has 0 aliphatic rings. The van der Waals surface area contributed by atoms with Crippen LogP contribution in [0.2, 0.25) is 0 Å². The Hall–Kier alpha value is -1.65. The molecule has 0 aliphatic heterocycles. The first-order chi connectivity index (χ1) is 5.77. The smallest absolute Gasteiger partial charge is 0.218 e. The zero-order valence-electron chi connectivity index (χ0n) is 6.83. The number of rotatable bonds is 1. The molecule has 5 heteroatoms. The normalized spacial score (nSPS) is 10.5. The maximum Gasteiger partial charge on any atom is 0.218 e. The van der Waals surface area contributed by atoms with Gasteiger partial charge in [0.15, 0.2) is 12.2 Å². The minimum atomic E-state index is 0.558. The monoisotopic (exact) mass is 164 g/mol. The van der Waals surface area contributed by atoms with Gasteiger partial charge in [0.25, 0.3) is 0 Å². The molecule has 0 aromatic carbocycles. The van der Waals surface area contributed by atoms with E-state index in [0.717, 1.165) is 11.5 Å². The molecule has 5 nitrogen and oxygen atoms in total. The second-order valence-corrected chi connectivity index (χ2v) is 2.51. The zero-order chi connectivity index (χ0) is 8.55. The lowest BCUT2D eigenvalue weighted by Gasteiger charge is -1.86. The summed E-state index contributed by atoms with van der Waals surface area (Å²) in [6.45, 7) is 3.69. The van der Waals surface area contributed by atoms with Gasteiger partial charge in [0.05, 0.1) is 5.69 Å². The zero-order valence-corrected chi connectivity index (χ0v) is 6.83. The number of oxazole rings is 1. The fourth-order valence-electron chi connectivity index (χ4n) is 0.961. The van der Waals surface area contributed by atoms with E-state index in [4.69, 9.17) is 4.42 Å². The van der Waals surface area contributed by atoms with E-state index >= 15 is 0 Å². The second-order valence-electron chi connectivity index (χ2n) is 2.51. The van der Waals surface area contributed by atoms with Crippen molar-refractivity contribution in [2.24, 2.45) is 0 Å². The molecule has 12 heavy (non-hydrogen) atoms. The molecule has 0 spiro atoms. The van der Waals surface area contributed by atoms with E-state index in [-0.39, 0.29) is 0 Å². The van der Waals surface area contributed by atoms with Crippen LogP contribution in [0.1, 0.15) is 11.5 Å². The lowest BCUT2D eigenvalue weighted by molar-refractivity contribution is 0.567. The van der Waals surface area contributed by atoms with Gasteiger partial charge in [0.1, 0.15) is 5.82 Å². The van der Waals surface area contributed by atoms with Gasteiger partial charge in [-0.05, 0) is 13.8 Å². The molecule has 0 saturated heterocycles. The molecule has 2 aromatic rings. The second kappa shape index (κ2) is 2.44. The molecule has 0 aliphatic carbocycles. The third kappa shape index (κ3) is 0.990. The molecule has 0 amide bonds. The molecule has 2 rings (SSSR count). The predicted molar refractivity (Wildman–Crippen MR) is 41.4 cm³/mol. The largest absolute Gasteiger partial charge is 0.440 e. The molecular formula is C7H8N4O.